The smallest absolute Gasteiger partial charge is 0.226 e. The molecule has 1 aromatic rings. The van der Waals surface area contributed by atoms with Gasteiger partial charge < -0.3 is 5.32 Å². The normalized spacial score (nSPS) is 27.1. The van der Waals surface area contributed by atoms with Crippen LogP contribution in [0.25, 0.3) is 0 Å². The molecule has 3 nitrogen and oxygen atoms in total. The Kier molecular flexibility index (Phi) is 9.44. The number of amides is 1. The summed E-state index contributed by atoms with van der Waals surface area (Å²) in [6.45, 7) is 9.35. The van der Waals surface area contributed by atoms with E-state index in [2.05, 4.69) is 54.4 Å². The zero-order valence-electron chi connectivity index (χ0n) is 20.4. The molecule has 4 rings (SSSR count). The van der Waals surface area contributed by atoms with Gasteiger partial charge in [-0.25, -0.2) is 0 Å². The summed E-state index contributed by atoms with van der Waals surface area (Å²) in [5.41, 5.74) is 1.32. The van der Waals surface area contributed by atoms with E-state index >= 15 is 0 Å². The number of carbonyl (C=O) groups is 1. The molecule has 1 aromatic carbocycles. The van der Waals surface area contributed by atoms with Crippen molar-refractivity contribution in [2.24, 2.45) is 11.3 Å². The first-order valence-electron chi connectivity index (χ1n) is 13.1. The van der Waals surface area contributed by atoms with Crippen molar-refractivity contribution in [1.29, 1.82) is 0 Å². The molecular formula is C28H46N2O. The molecule has 0 aromatic heterocycles. The second kappa shape index (κ2) is 12.0. The molecule has 2 atom stereocenters. The average Bonchev–Trinajstić information content (AvgIpc) is 2.81. The van der Waals surface area contributed by atoms with Crippen molar-refractivity contribution in [3.8, 4) is 0 Å². The van der Waals surface area contributed by atoms with Gasteiger partial charge in [-0.1, -0.05) is 89.1 Å². The molecular weight excluding hydrogens is 380 g/mol. The van der Waals surface area contributed by atoms with Crippen LogP contribution in [0.2, 0.25) is 0 Å². The van der Waals surface area contributed by atoms with Gasteiger partial charge in [0.15, 0.2) is 0 Å². The van der Waals surface area contributed by atoms with Crippen LogP contribution in [0.1, 0.15) is 103 Å². The zero-order chi connectivity index (χ0) is 22.1. The molecule has 0 spiro atoms. The fourth-order valence-electron chi connectivity index (χ4n) is 5.89. The van der Waals surface area contributed by atoms with E-state index in [1.54, 1.807) is 0 Å². The Morgan fingerprint density at radius 2 is 1.58 bits per heavy atom. The first-order chi connectivity index (χ1) is 15.0. The van der Waals surface area contributed by atoms with Gasteiger partial charge >= 0.3 is 0 Å². The van der Waals surface area contributed by atoms with Crippen molar-refractivity contribution in [2.45, 2.75) is 103 Å². The third kappa shape index (κ3) is 6.81. The van der Waals surface area contributed by atoms with E-state index in [4.69, 9.17) is 0 Å². The number of hydrogen-bond donors (Lipinski definition) is 1. The van der Waals surface area contributed by atoms with Crippen molar-refractivity contribution in [3.05, 3.63) is 35.9 Å². The number of rotatable bonds is 4. The van der Waals surface area contributed by atoms with Crippen LogP contribution in [0, 0.1) is 11.3 Å². The number of benzene rings is 1. The molecule has 174 valence electrons. The highest BCUT2D eigenvalue weighted by Gasteiger charge is 2.40. The molecule has 2 unspecified atom stereocenters. The van der Waals surface area contributed by atoms with Gasteiger partial charge in [-0.3, -0.25) is 9.69 Å². The van der Waals surface area contributed by atoms with Gasteiger partial charge in [-0.05, 0) is 63.1 Å². The molecule has 1 saturated heterocycles. The van der Waals surface area contributed by atoms with Crippen LogP contribution in [-0.2, 0) is 4.79 Å². The Hall–Kier alpha value is -1.35. The van der Waals surface area contributed by atoms with Crippen molar-refractivity contribution < 1.29 is 4.79 Å². The highest BCUT2D eigenvalue weighted by Crippen LogP contribution is 2.40. The van der Waals surface area contributed by atoms with Gasteiger partial charge in [0.1, 0.15) is 0 Å². The van der Waals surface area contributed by atoms with Crippen molar-refractivity contribution >= 4 is 5.91 Å². The zero-order valence-corrected chi connectivity index (χ0v) is 20.4. The number of carbonyl (C=O) groups excluding carboxylic acids is 1. The quantitative estimate of drug-likeness (QED) is 0.593. The summed E-state index contributed by atoms with van der Waals surface area (Å²) >= 11 is 0. The van der Waals surface area contributed by atoms with Crippen LogP contribution in [0.4, 0.5) is 0 Å². The molecule has 3 aliphatic rings. The maximum atomic E-state index is 12.4. The van der Waals surface area contributed by atoms with Gasteiger partial charge in [0.2, 0.25) is 5.91 Å². The largest absolute Gasteiger partial charge is 0.356 e. The van der Waals surface area contributed by atoms with Crippen LogP contribution < -0.4 is 5.32 Å². The first kappa shape index (κ1) is 24.3. The molecule has 1 amide bonds. The van der Waals surface area contributed by atoms with Crippen LogP contribution in [0.15, 0.2) is 30.3 Å². The molecule has 31 heavy (non-hydrogen) atoms. The van der Waals surface area contributed by atoms with Gasteiger partial charge in [0.05, 0.1) is 0 Å². The van der Waals surface area contributed by atoms with Gasteiger partial charge in [-0.15, -0.1) is 0 Å². The first-order valence-corrected chi connectivity index (χ1v) is 13.1. The monoisotopic (exact) mass is 426 g/mol. The predicted octanol–water partition coefficient (Wildman–Crippen LogP) is 6.54. The lowest BCUT2D eigenvalue weighted by Gasteiger charge is -2.46. The summed E-state index contributed by atoms with van der Waals surface area (Å²) in [6, 6.07) is 11.7. The van der Waals surface area contributed by atoms with E-state index in [9.17, 15) is 4.79 Å². The summed E-state index contributed by atoms with van der Waals surface area (Å²) < 4.78 is 0. The van der Waals surface area contributed by atoms with Gasteiger partial charge in [0, 0.05) is 18.0 Å². The van der Waals surface area contributed by atoms with Crippen LogP contribution in [0.5, 0.6) is 0 Å². The van der Waals surface area contributed by atoms with Gasteiger partial charge in [-0.2, -0.15) is 0 Å². The highest BCUT2D eigenvalue weighted by molar-refractivity contribution is 5.82. The topological polar surface area (TPSA) is 32.3 Å². The van der Waals surface area contributed by atoms with Crippen LogP contribution >= 0.6 is 0 Å². The molecule has 2 aliphatic carbocycles. The molecule has 1 heterocycles. The second-order valence-corrected chi connectivity index (χ2v) is 10.6. The van der Waals surface area contributed by atoms with Gasteiger partial charge in [0.25, 0.3) is 0 Å². The van der Waals surface area contributed by atoms with E-state index in [0.717, 1.165) is 38.4 Å². The average molecular weight is 427 g/mol. The highest BCUT2D eigenvalue weighted by atomic mass is 16.2. The summed E-state index contributed by atoms with van der Waals surface area (Å²) in [6.07, 6.45) is 14.7. The summed E-state index contributed by atoms with van der Waals surface area (Å²) in [4.78, 5) is 15.0. The Labute approximate surface area is 191 Å². The molecule has 1 aliphatic heterocycles. The van der Waals surface area contributed by atoms with E-state index in [1.807, 2.05) is 6.92 Å². The summed E-state index contributed by atoms with van der Waals surface area (Å²) in [7, 11) is 0. The summed E-state index contributed by atoms with van der Waals surface area (Å²) in [5, 5.41) is 3.03. The molecule has 0 bridgehead atoms. The lowest BCUT2D eigenvalue weighted by molar-refractivity contribution is -0.133. The number of piperidine rings is 1. The van der Waals surface area contributed by atoms with Crippen molar-refractivity contribution in [1.82, 2.24) is 10.2 Å². The molecule has 3 fully saturated rings. The predicted molar refractivity (Wildman–Crippen MR) is 131 cm³/mol. The van der Waals surface area contributed by atoms with Crippen molar-refractivity contribution in [3.63, 3.8) is 0 Å². The van der Waals surface area contributed by atoms with E-state index in [-0.39, 0.29) is 11.3 Å². The Balaban J connectivity index is 0.000000330. The minimum atomic E-state index is -0.177. The lowest BCUT2D eigenvalue weighted by Crippen LogP contribution is -2.51. The number of nitrogens with one attached hydrogen (secondary N) is 1. The van der Waals surface area contributed by atoms with Crippen LogP contribution in [0.3, 0.4) is 0 Å². The van der Waals surface area contributed by atoms with E-state index in [1.165, 1.54) is 63.4 Å². The summed E-state index contributed by atoms with van der Waals surface area (Å²) in [5.74, 6) is 1.94. The minimum Gasteiger partial charge on any atom is -0.356 e. The Morgan fingerprint density at radius 3 is 2.16 bits per heavy atom. The van der Waals surface area contributed by atoms with Crippen molar-refractivity contribution in [2.75, 3.05) is 19.6 Å². The number of hydrogen-bond acceptors (Lipinski definition) is 2. The maximum Gasteiger partial charge on any atom is 0.226 e. The second-order valence-electron chi connectivity index (χ2n) is 10.6. The number of nitrogens with zero attached hydrogens (tertiary/aromatic N) is 1. The fraction of sp³-hybridized carbons (Fsp3) is 0.750. The maximum absolute atomic E-state index is 12.4. The van der Waals surface area contributed by atoms with E-state index in [0.29, 0.717) is 12.0 Å². The Bertz CT molecular complexity index is 644. The van der Waals surface area contributed by atoms with Crippen LogP contribution in [-0.4, -0.2) is 36.5 Å². The third-order valence-electron chi connectivity index (χ3n) is 8.11. The molecule has 2 saturated carbocycles. The fourth-order valence-corrected chi connectivity index (χ4v) is 5.89. The lowest BCUT2D eigenvalue weighted by atomic mass is 9.75. The minimum absolute atomic E-state index is 0.177. The molecule has 3 heteroatoms. The third-order valence-corrected chi connectivity index (χ3v) is 8.11. The number of likely N-dealkylation sites (tertiary alicyclic amines) is 1. The standard InChI is InChI=1S/C21H32N2O.C7H14/c1-3-22-20(24)21(2)13-15-23(16-14-21)19-12-8-7-11-18(19)17-9-5-4-6-10-17;1-7-5-3-2-4-6-7/h4-6,9-10,18-19H,3,7-8,11-16H2,1-2H3,(H,22,24);7H,2-6H2,1H3. The molecule has 0 radical (unpaired) electrons. The molecule has 1 N–H and O–H groups in total. The SMILES string of the molecule is CC1CCCCC1.CCNC(=O)C1(C)CCN(C2CCCCC2c2ccccc2)CC1. The Morgan fingerprint density at radius 1 is 0.968 bits per heavy atom. The van der Waals surface area contributed by atoms with E-state index < -0.39 is 0 Å².